The third kappa shape index (κ3) is 4.96. The van der Waals surface area contributed by atoms with Crippen LogP contribution in [0.25, 0.3) is 6.08 Å². The Kier molecular flexibility index (Phi) is 6.74. The molecule has 0 aromatic heterocycles. The van der Waals surface area contributed by atoms with Crippen LogP contribution in [0.2, 0.25) is 0 Å². The van der Waals surface area contributed by atoms with Gasteiger partial charge in [-0.15, -0.1) is 0 Å². The molecule has 0 spiro atoms. The van der Waals surface area contributed by atoms with Gasteiger partial charge in [0.1, 0.15) is 11.9 Å². The maximum atomic E-state index is 14.2. The quantitative estimate of drug-likeness (QED) is 0.437. The van der Waals surface area contributed by atoms with Crippen molar-refractivity contribution < 1.29 is 23.9 Å². The summed E-state index contributed by atoms with van der Waals surface area (Å²) in [7, 11) is 0. The Morgan fingerprint density at radius 1 is 0.946 bits per heavy atom. The molecule has 5 nitrogen and oxygen atoms in total. The molecule has 1 N–H and O–H groups in total. The molecule has 2 fully saturated rings. The molecule has 37 heavy (non-hydrogen) atoms. The lowest BCUT2D eigenvalue weighted by Crippen LogP contribution is -2.46. The van der Waals surface area contributed by atoms with E-state index in [9.17, 15) is 23.9 Å². The Bertz CT molecular complexity index is 1350. The second-order valence-electron chi connectivity index (χ2n) is 9.90. The van der Waals surface area contributed by atoms with Crippen LogP contribution in [0.4, 0.5) is 4.39 Å². The van der Waals surface area contributed by atoms with Crippen LogP contribution in [0.1, 0.15) is 45.8 Å². The largest absolute Gasteiger partial charge is 0.480 e. The van der Waals surface area contributed by atoms with E-state index in [-0.39, 0.29) is 17.6 Å². The van der Waals surface area contributed by atoms with Gasteiger partial charge in [0.2, 0.25) is 5.91 Å². The minimum Gasteiger partial charge on any atom is -0.480 e. The molecule has 1 amide bonds. The maximum Gasteiger partial charge on any atom is 0.327 e. The van der Waals surface area contributed by atoms with E-state index in [0.29, 0.717) is 24.0 Å². The van der Waals surface area contributed by atoms with Crippen LogP contribution >= 0.6 is 0 Å². The Balaban J connectivity index is 1.69. The van der Waals surface area contributed by atoms with Crippen molar-refractivity contribution in [3.63, 3.8) is 0 Å². The first kappa shape index (κ1) is 24.6. The molecule has 2 aliphatic rings. The number of aliphatic carboxylic acids is 1. The normalized spacial score (nSPS) is 23.4. The summed E-state index contributed by atoms with van der Waals surface area (Å²) < 4.78 is 13.8. The van der Waals surface area contributed by atoms with Gasteiger partial charge in [0, 0.05) is 17.4 Å². The molecule has 0 bridgehead atoms. The van der Waals surface area contributed by atoms with Crippen molar-refractivity contribution in [2.45, 2.75) is 37.8 Å². The molecule has 1 saturated heterocycles. The summed E-state index contributed by atoms with van der Waals surface area (Å²) in [5, 5.41) is 10.4. The van der Waals surface area contributed by atoms with E-state index in [1.54, 1.807) is 24.3 Å². The van der Waals surface area contributed by atoms with Crippen LogP contribution in [0.3, 0.4) is 0 Å². The van der Waals surface area contributed by atoms with Crippen LogP contribution in [0, 0.1) is 24.6 Å². The number of halogens is 1. The van der Waals surface area contributed by atoms with Crippen LogP contribution < -0.4 is 0 Å². The van der Waals surface area contributed by atoms with Gasteiger partial charge in [-0.05, 0) is 49.1 Å². The summed E-state index contributed by atoms with van der Waals surface area (Å²) in [6.07, 6.45) is 5.02. The van der Waals surface area contributed by atoms with Crippen molar-refractivity contribution >= 4 is 23.7 Å². The third-order valence-electron chi connectivity index (χ3n) is 7.30. The average Bonchev–Trinajstić information content (AvgIpc) is 3.69. The monoisotopic (exact) mass is 497 g/mol. The number of hydrogen-bond donors (Lipinski definition) is 1. The molecular weight excluding hydrogens is 469 g/mol. The Morgan fingerprint density at radius 2 is 1.65 bits per heavy atom. The topological polar surface area (TPSA) is 74.7 Å². The second-order valence-corrected chi connectivity index (χ2v) is 9.90. The number of likely N-dealkylation sites (tertiary alicyclic amines) is 1. The number of carbonyl (C=O) groups is 3. The number of benzene rings is 3. The van der Waals surface area contributed by atoms with Gasteiger partial charge in [-0.3, -0.25) is 9.59 Å². The highest BCUT2D eigenvalue weighted by Crippen LogP contribution is 2.47. The van der Waals surface area contributed by atoms with E-state index in [4.69, 9.17) is 0 Å². The molecule has 4 unspecified atom stereocenters. The number of amides is 1. The molecule has 5 rings (SSSR count). The zero-order valence-corrected chi connectivity index (χ0v) is 20.5. The summed E-state index contributed by atoms with van der Waals surface area (Å²) >= 11 is 0. The minimum absolute atomic E-state index is 0.238. The van der Waals surface area contributed by atoms with Gasteiger partial charge in [-0.1, -0.05) is 78.4 Å². The Labute approximate surface area is 215 Å². The van der Waals surface area contributed by atoms with Gasteiger partial charge in [0.15, 0.2) is 5.78 Å². The van der Waals surface area contributed by atoms with Crippen LogP contribution in [0.15, 0.2) is 84.9 Å². The average molecular weight is 498 g/mol. The van der Waals surface area contributed by atoms with Gasteiger partial charge < -0.3 is 10.0 Å². The fourth-order valence-corrected chi connectivity index (χ4v) is 5.41. The summed E-state index contributed by atoms with van der Waals surface area (Å²) in [5.74, 6) is -4.08. The Hall–Kier alpha value is -4.06. The molecule has 3 aromatic rings. The summed E-state index contributed by atoms with van der Waals surface area (Å²) in [4.78, 5) is 41.9. The lowest BCUT2D eigenvalue weighted by molar-refractivity contribution is -0.150. The van der Waals surface area contributed by atoms with Gasteiger partial charge >= 0.3 is 5.97 Å². The first-order chi connectivity index (χ1) is 17.8. The fraction of sp³-hybridized carbons (Fsp3) is 0.258. The highest BCUT2D eigenvalue weighted by molar-refractivity contribution is 6.02. The number of rotatable bonds is 7. The highest BCUT2D eigenvalue weighted by Gasteiger charge is 2.57. The molecule has 1 saturated carbocycles. The molecule has 4 atom stereocenters. The standard InChI is InChI=1S/C31H28FNO4/c1-19-6-5-9-23(18-19)29(34)27-25(17-10-20-7-3-2-4-8-20)33(30(35)22-11-12-22)28(31(36)37)26(27)21-13-15-24(32)16-14-21/h2-10,13-18,22,25-28H,11-12H2,1H3,(H,36,37). The first-order valence-electron chi connectivity index (χ1n) is 12.5. The highest BCUT2D eigenvalue weighted by atomic mass is 19.1. The first-order valence-corrected chi connectivity index (χ1v) is 12.5. The number of carbonyl (C=O) groups excluding carboxylic acids is 2. The van der Waals surface area contributed by atoms with Crippen molar-refractivity contribution in [2.75, 3.05) is 0 Å². The van der Waals surface area contributed by atoms with Crippen LogP contribution in [-0.4, -0.2) is 39.7 Å². The van der Waals surface area contributed by atoms with Crippen molar-refractivity contribution in [3.05, 3.63) is 113 Å². The predicted molar refractivity (Wildman–Crippen MR) is 138 cm³/mol. The van der Waals surface area contributed by atoms with E-state index < -0.39 is 35.7 Å². The minimum atomic E-state index is -1.26. The number of hydrogen-bond acceptors (Lipinski definition) is 3. The Morgan fingerprint density at radius 3 is 2.27 bits per heavy atom. The molecule has 3 aromatic carbocycles. The van der Waals surface area contributed by atoms with Crippen molar-refractivity contribution in [2.24, 2.45) is 11.8 Å². The molecule has 1 aliphatic heterocycles. The van der Waals surface area contributed by atoms with Crippen molar-refractivity contribution in [1.29, 1.82) is 0 Å². The van der Waals surface area contributed by atoms with Gasteiger partial charge in [0.25, 0.3) is 0 Å². The lowest BCUT2D eigenvalue weighted by atomic mass is 9.77. The molecule has 188 valence electrons. The summed E-state index contributed by atoms with van der Waals surface area (Å²) in [5.41, 5.74) is 2.75. The summed E-state index contributed by atoms with van der Waals surface area (Å²) in [6, 6.07) is 20.2. The molecule has 1 aliphatic carbocycles. The van der Waals surface area contributed by atoms with E-state index in [0.717, 1.165) is 11.1 Å². The number of aryl methyl sites for hydroxylation is 1. The van der Waals surface area contributed by atoms with E-state index >= 15 is 0 Å². The number of carboxylic acids is 1. The van der Waals surface area contributed by atoms with E-state index in [1.165, 1.54) is 29.2 Å². The lowest BCUT2D eigenvalue weighted by Gasteiger charge is -2.28. The SMILES string of the molecule is Cc1cccc(C(=O)C2C(c3ccc(F)cc3)C(C(=O)O)N(C(=O)C3CC3)C2C=Cc2ccccc2)c1. The molecule has 6 heteroatoms. The third-order valence-corrected chi connectivity index (χ3v) is 7.30. The van der Waals surface area contributed by atoms with Gasteiger partial charge in [-0.25, -0.2) is 9.18 Å². The second kappa shape index (κ2) is 10.1. The number of nitrogens with zero attached hydrogens (tertiary/aromatic N) is 1. The van der Waals surface area contributed by atoms with Gasteiger partial charge in [0.05, 0.1) is 12.0 Å². The molecule has 0 radical (unpaired) electrons. The zero-order chi connectivity index (χ0) is 26.1. The van der Waals surface area contributed by atoms with Crippen LogP contribution in [0.5, 0.6) is 0 Å². The molecule has 1 heterocycles. The van der Waals surface area contributed by atoms with E-state index in [2.05, 4.69) is 0 Å². The number of ketones is 1. The summed E-state index contributed by atoms with van der Waals surface area (Å²) in [6.45, 7) is 1.89. The fourth-order valence-electron chi connectivity index (χ4n) is 5.41. The predicted octanol–water partition coefficient (Wildman–Crippen LogP) is 5.50. The van der Waals surface area contributed by atoms with Crippen molar-refractivity contribution in [3.8, 4) is 0 Å². The maximum absolute atomic E-state index is 14.2. The number of Topliss-reactive ketones (excluding diaryl/α,β-unsaturated/α-hetero) is 1. The van der Waals surface area contributed by atoms with Crippen molar-refractivity contribution in [1.82, 2.24) is 4.90 Å². The molecular formula is C31H28FNO4. The smallest absolute Gasteiger partial charge is 0.327 e. The zero-order valence-electron chi connectivity index (χ0n) is 20.5. The van der Waals surface area contributed by atoms with Gasteiger partial charge in [-0.2, -0.15) is 0 Å². The number of carboxylic acid groups (broad SMARTS) is 1. The van der Waals surface area contributed by atoms with E-state index in [1.807, 2.05) is 49.4 Å². The van der Waals surface area contributed by atoms with Crippen LogP contribution in [-0.2, 0) is 9.59 Å².